The number of nitrogens with one attached hydrogen (secondary N) is 1. The molecule has 21 heavy (non-hydrogen) atoms. The fourth-order valence-corrected chi connectivity index (χ4v) is 1.97. The predicted octanol–water partition coefficient (Wildman–Crippen LogP) is 0.851. The zero-order valence-corrected chi connectivity index (χ0v) is 11.2. The summed E-state index contributed by atoms with van der Waals surface area (Å²) in [6.07, 6.45) is 3.08. The molecule has 0 fully saturated rings. The largest absolute Gasteiger partial charge is 0.467 e. The number of aromatic nitrogens is 3. The molecular formula is C14H12N4O3. The fraction of sp³-hybridized carbons (Fsp3) is 0.143. The van der Waals surface area contributed by atoms with Crippen LogP contribution in [0.2, 0.25) is 0 Å². The van der Waals surface area contributed by atoms with E-state index in [4.69, 9.17) is 4.42 Å². The van der Waals surface area contributed by atoms with E-state index in [1.807, 2.05) is 0 Å². The van der Waals surface area contributed by atoms with Gasteiger partial charge in [-0.25, -0.2) is 9.97 Å². The Kier molecular flexibility index (Phi) is 3.23. The van der Waals surface area contributed by atoms with Gasteiger partial charge in [-0.05, 0) is 24.3 Å². The van der Waals surface area contributed by atoms with Crippen LogP contribution in [0.15, 0.2) is 45.9 Å². The van der Waals surface area contributed by atoms with Crippen LogP contribution in [0.3, 0.4) is 0 Å². The molecule has 3 aromatic rings. The van der Waals surface area contributed by atoms with Crippen LogP contribution in [0.5, 0.6) is 0 Å². The summed E-state index contributed by atoms with van der Waals surface area (Å²) in [5.74, 6) is 0.0559. The van der Waals surface area contributed by atoms with E-state index < -0.39 is 11.5 Å². The first-order valence-corrected chi connectivity index (χ1v) is 6.29. The zero-order valence-electron chi connectivity index (χ0n) is 11.2. The second-order valence-corrected chi connectivity index (χ2v) is 4.43. The summed E-state index contributed by atoms with van der Waals surface area (Å²) in [7, 11) is 1.56. The lowest BCUT2D eigenvalue weighted by Gasteiger charge is -2.07. The Morgan fingerprint density at radius 3 is 3.00 bits per heavy atom. The van der Waals surface area contributed by atoms with Gasteiger partial charge >= 0.3 is 0 Å². The zero-order chi connectivity index (χ0) is 14.8. The molecule has 1 N–H and O–H groups in total. The number of carbonyl (C=O) groups excluding carboxylic acids is 1. The Balaban J connectivity index is 1.94. The van der Waals surface area contributed by atoms with Crippen LogP contribution in [-0.2, 0) is 13.6 Å². The van der Waals surface area contributed by atoms with Crippen LogP contribution < -0.4 is 10.9 Å². The van der Waals surface area contributed by atoms with Crippen LogP contribution in [0, 0.1) is 0 Å². The number of nitrogens with zero attached hydrogens (tertiary/aromatic N) is 3. The Bertz CT molecular complexity index is 852. The maximum atomic E-state index is 12.2. The number of carbonyl (C=O) groups is 1. The topological polar surface area (TPSA) is 90.0 Å². The van der Waals surface area contributed by atoms with Crippen LogP contribution in [0.1, 0.15) is 16.2 Å². The summed E-state index contributed by atoms with van der Waals surface area (Å²) in [6, 6.07) is 6.85. The van der Waals surface area contributed by atoms with E-state index in [-0.39, 0.29) is 12.2 Å². The number of pyridine rings is 1. The minimum Gasteiger partial charge on any atom is -0.467 e. The van der Waals surface area contributed by atoms with E-state index in [1.54, 1.807) is 37.5 Å². The number of amides is 1. The van der Waals surface area contributed by atoms with E-state index in [9.17, 15) is 9.59 Å². The van der Waals surface area contributed by atoms with Crippen LogP contribution in [0.25, 0.3) is 11.2 Å². The second-order valence-electron chi connectivity index (χ2n) is 4.43. The molecule has 0 aliphatic heterocycles. The van der Waals surface area contributed by atoms with Crippen molar-refractivity contribution in [1.29, 1.82) is 0 Å². The SMILES string of the molecule is Cn1c(=O)c(C(=O)NCc2ccco2)nc2cccnc21. The van der Waals surface area contributed by atoms with Gasteiger partial charge < -0.3 is 9.73 Å². The quantitative estimate of drug-likeness (QED) is 0.770. The maximum Gasteiger partial charge on any atom is 0.283 e. The minimum absolute atomic E-state index is 0.162. The number of aryl methyl sites for hydroxylation is 1. The van der Waals surface area contributed by atoms with Gasteiger partial charge in [0.1, 0.15) is 11.3 Å². The lowest BCUT2D eigenvalue weighted by atomic mass is 10.3. The highest BCUT2D eigenvalue weighted by atomic mass is 16.3. The Hall–Kier alpha value is -2.96. The maximum absolute atomic E-state index is 12.2. The Morgan fingerprint density at radius 1 is 1.38 bits per heavy atom. The van der Waals surface area contributed by atoms with Gasteiger partial charge in [-0.3, -0.25) is 14.2 Å². The van der Waals surface area contributed by atoms with Crippen molar-refractivity contribution in [3.05, 3.63) is 58.5 Å². The smallest absolute Gasteiger partial charge is 0.283 e. The number of rotatable bonds is 3. The first kappa shape index (κ1) is 13.0. The molecule has 0 radical (unpaired) electrons. The van der Waals surface area contributed by atoms with Gasteiger partial charge in [0, 0.05) is 13.2 Å². The molecule has 7 heteroatoms. The third kappa shape index (κ3) is 2.40. The number of fused-ring (bicyclic) bond motifs is 1. The molecular weight excluding hydrogens is 272 g/mol. The van der Waals surface area contributed by atoms with Gasteiger partial charge in [0.2, 0.25) is 0 Å². The van der Waals surface area contributed by atoms with Crippen molar-refractivity contribution >= 4 is 17.1 Å². The molecule has 3 heterocycles. The average Bonchev–Trinajstić information content (AvgIpc) is 3.02. The lowest BCUT2D eigenvalue weighted by Crippen LogP contribution is -2.33. The summed E-state index contributed by atoms with van der Waals surface area (Å²) in [6.45, 7) is 0.196. The molecule has 0 spiro atoms. The predicted molar refractivity (Wildman–Crippen MR) is 74.7 cm³/mol. The molecule has 0 atom stereocenters. The van der Waals surface area contributed by atoms with E-state index in [2.05, 4.69) is 15.3 Å². The molecule has 3 rings (SSSR count). The van der Waals surface area contributed by atoms with Gasteiger partial charge in [-0.15, -0.1) is 0 Å². The van der Waals surface area contributed by atoms with Gasteiger partial charge in [-0.1, -0.05) is 0 Å². The van der Waals surface area contributed by atoms with E-state index >= 15 is 0 Å². The molecule has 0 aliphatic rings. The second kappa shape index (κ2) is 5.20. The highest BCUT2D eigenvalue weighted by Crippen LogP contribution is 2.05. The highest BCUT2D eigenvalue weighted by Gasteiger charge is 2.16. The normalized spacial score (nSPS) is 10.7. The number of furan rings is 1. The molecule has 0 aromatic carbocycles. The van der Waals surface area contributed by atoms with Crippen molar-refractivity contribution < 1.29 is 9.21 Å². The summed E-state index contributed by atoms with van der Waals surface area (Å²) in [5, 5.41) is 2.61. The summed E-state index contributed by atoms with van der Waals surface area (Å²) >= 11 is 0. The average molecular weight is 284 g/mol. The van der Waals surface area contributed by atoms with Gasteiger partial charge in [0.15, 0.2) is 11.3 Å². The van der Waals surface area contributed by atoms with Crippen molar-refractivity contribution in [2.24, 2.45) is 7.05 Å². The molecule has 0 saturated heterocycles. The molecule has 0 bridgehead atoms. The monoisotopic (exact) mass is 284 g/mol. The summed E-state index contributed by atoms with van der Waals surface area (Å²) in [5.41, 5.74) is 0.274. The Morgan fingerprint density at radius 2 is 2.24 bits per heavy atom. The van der Waals surface area contributed by atoms with Crippen LogP contribution in [-0.4, -0.2) is 20.4 Å². The van der Waals surface area contributed by atoms with Gasteiger partial charge in [-0.2, -0.15) is 0 Å². The van der Waals surface area contributed by atoms with E-state index in [0.29, 0.717) is 16.9 Å². The number of hydrogen-bond acceptors (Lipinski definition) is 5. The Labute approximate surface area is 119 Å². The lowest BCUT2D eigenvalue weighted by molar-refractivity contribution is 0.0941. The van der Waals surface area contributed by atoms with Gasteiger partial charge in [0.25, 0.3) is 11.5 Å². The first-order chi connectivity index (χ1) is 10.2. The molecule has 7 nitrogen and oxygen atoms in total. The van der Waals surface area contributed by atoms with Crippen LogP contribution >= 0.6 is 0 Å². The van der Waals surface area contributed by atoms with Crippen molar-refractivity contribution in [2.45, 2.75) is 6.54 Å². The fourth-order valence-electron chi connectivity index (χ4n) is 1.97. The van der Waals surface area contributed by atoms with Crippen molar-refractivity contribution in [3.8, 4) is 0 Å². The summed E-state index contributed by atoms with van der Waals surface area (Å²) < 4.78 is 6.43. The van der Waals surface area contributed by atoms with E-state index in [1.165, 1.54) is 10.8 Å². The molecule has 3 aromatic heterocycles. The summed E-state index contributed by atoms with van der Waals surface area (Å²) in [4.78, 5) is 32.4. The third-order valence-corrected chi connectivity index (χ3v) is 3.04. The first-order valence-electron chi connectivity index (χ1n) is 6.29. The van der Waals surface area contributed by atoms with Crippen molar-refractivity contribution in [2.75, 3.05) is 0 Å². The molecule has 1 amide bonds. The van der Waals surface area contributed by atoms with E-state index in [0.717, 1.165) is 0 Å². The van der Waals surface area contributed by atoms with Crippen molar-refractivity contribution in [1.82, 2.24) is 19.9 Å². The van der Waals surface area contributed by atoms with Gasteiger partial charge in [0.05, 0.1) is 12.8 Å². The third-order valence-electron chi connectivity index (χ3n) is 3.04. The number of hydrogen-bond donors (Lipinski definition) is 1. The molecule has 106 valence electrons. The van der Waals surface area contributed by atoms with Crippen LogP contribution in [0.4, 0.5) is 0 Å². The molecule has 0 aliphatic carbocycles. The molecule has 0 unspecified atom stereocenters. The highest BCUT2D eigenvalue weighted by molar-refractivity contribution is 5.93. The standard InChI is InChI=1S/C14H12N4O3/c1-18-12-10(5-2-6-15-12)17-11(14(18)20)13(19)16-8-9-4-3-7-21-9/h2-7H,8H2,1H3,(H,16,19). The minimum atomic E-state index is -0.544. The van der Waals surface area contributed by atoms with Crippen molar-refractivity contribution in [3.63, 3.8) is 0 Å². The molecule has 0 saturated carbocycles.